The zero-order valence-electron chi connectivity index (χ0n) is 10.2. The van der Waals surface area contributed by atoms with Crippen molar-refractivity contribution in [2.75, 3.05) is 6.61 Å². The quantitative estimate of drug-likeness (QED) is 0.674. The minimum atomic E-state index is -0.485. The van der Waals surface area contributed by atoms with Crippen LogP contribution in [0.3, 0.4) is 0 Å². The Bertz CT molecular complexity index is 483. The van der Waals surface area contributed by atoms with E-state index in [1.807, 2.05) is 0 Å². The molecule has 0 bridgehead atoms. The highest BCUT2D eigenvalue weighted by Gasteiger charge is 2.07. The summed E-state index contributed by atoms with van der Waals surface area (Å²) < 4.78 is 4.73. The predicted octanol–water partition coefficient (Wildman–Crippen LogP) is 2.54. The molecule has 0 saturated carbocycles. The van der Waals surface area contributed by atoms with E-state index in [9.17, 15) is 9.59 Å². The van der Waals surface area contributed by atoms with E-state index in [-0.39, 0.29) is 5.91 Å². The summed E-state index contributed by atoms with van der Waals surface area (Å²) in [7, 11) is 0. The fourth-order valence-corrected chi connectivity index (χ4v) is 1.47. The largest absolute Gasteiger partial charge is 0.463 e. The number of carbonyl (C=O) groups is 2. The number of carbonyl (C=O) groups excluding carboxylic acids is 2. The van der Waals surface area contributed by atoms with Crippen LogP contribution in [0, 0.1) is 0 Å². The van der Waals surface area contributed by atoms with E-state index in [0.29, 0.717) is 22.9 Å². The van der Waals surface area contributed by atoms with Crippen molar-refractivity contribution >= 4 is 23.5 Å². The van der Waals surface area contributed by atoms with Crippen LogP contribution in [-0.2, 0) is 9.53 Å². The molecule has 1 amide bonds. The van der Waals surface area contributed by atoms with Crippen molar-refractivity contribution in [3.05, 3.63) is 46.6 Å². The fraction of sp³-hybridized carbons (Fsp3) is 0.231. The Morgan fingerprint density at radius 3 is 2.78 bits per heavy atom. The minimum Gasteiger partial charge on any atom is -0.463 e. The van der Waals surface area contributed by atoms with Crippen molar-refractivity contribution in [3.8, 4) is 0 Å². The molecule has 18 heavy (non-hydrogen) atoms. The second-order valence-corrected chi connectivity index (χ2v) is 3.98. The minimum absolute atomic E-state index is 0.296. The van der Waals surface area contributed by atoms with E-state index in [0.717, 1.165) is 0 Å². The van der Waals surface area contributed by atoms with E-state index < -0.39 is 5.97 Å². The number of ether oxygens (including phenoxy) is 1. The molecule has 96 valence electrons. The van der Waals surface area contributed by atoms with Crippen molar-refractivity contribution in [1.29, 1.82) is 0 Å². The summed E-state index contributed by atoms with van der Waals surface area (Å²) in [6, 6.07) is 6.55. The number of esters is 1. The van der Waals surface area contributed by atoms with Crippen LogP contribution in [0.4, 0.5) is 0 Å². The molecule has 4 nitrogen and oxygen atoms in total. The van der Waals surface area contributed by atoms with Crippen molar-refractivity contribution in [2.45, 2.75) is 13.8 Å². The number of benzene rings is 1. The van der Waals surface area contributed by atoms with Gasteiger partial charge in [0.15, 0.2) is 0 Å². The summed E-state index contributed by atoms with van der Waals surface area (Å²) in [6.45, 7) is 3.62. The smallest absolute Gasteiger partial charge is 0.332 e. The molecular formula is C13H14ClNO3. The summed E-state index contributed by atoms with van der Waals surface area (Å²) in [6.07, 6.45) is 1.23. The van der Waals surface area contributed by atoms with Gasteiger partial charge in [-0.25, -0.2) is 4.79 Å². The normalized spacial score (nSPS) is 10.9. The second kappa shape index (κ2) is 6.81. The zero-order chi connectivity index (χ0) is 13.5. The Morgan fingerprint density at radius 1 is 1.44 bits per heavy atom. The second-order valence-electron chi connectivity index (χ2n) is 3.54. The number of hydrogen-bond acceptors (Lipinski definition) is 3. The van der Waals surface area contributed by atoms with Gasteiger partial charge in [-0.15, -0.1) is 0 Å². The Kier molecular flexibility index (Phi) is 5.39. The van der Waals surface area contributed by atoms with Gasteiger partial charge in [-0.05, 0) is 32.0 Å². The number of halogens is 1. The number of hydrogen-bond donors (Lipinski definition) is 1. The van der Waals surface area contributed by atoms with Crippen LogP contribution in [0.25, 0.3) is 0 Å². The van der Waals surface area contributed by atoms with Crippen molar-refractivity contribution in [3.63, 3.8) is 0 Å². The molecule has 0 aliphatic carbocycles. The number of amides is 1. The molecule has 0 saturated heterocycles. The van der Waals surface area contributed by atoms with Crippen LogP contribution >= 0.6 is 11.6 Å². The van der Waals surface area contributed by atoms with Gasteiger partial charge in [0.25, 0.3) is 5.91 Å². The van der Waals surface area contributed by atoms with Gasteiger partial charge in [0.05, 0.1) is 6.61 Å². The lowest BCUT2D eigenvalue weighted by Crippen LogP contribution is -2.22. The molecule has 0 fully saturated rings. The van der Waals surface area contributed by atoms with Gasteiger partial charge in [-0.2, -0.15) is 0 Å². The maximum atomic E-state index is 11.8. The van der Waals surface area contributed by atoms with E-state index in [4.69, 9.17) is 16.3 Å². The van der Waals surface area contributed by atoms with E-state index in [1.165, 1.54) is 6.08 Å². The van der Waals surface area contributed by atoms with Gasteiger partial charge in [0, 0.05) is 22.4 Å². The summed E-state index contributed by atoms with van der Waals surface area (Å²) in [5.41, 5.74) is 0.845. The first kappa shape index (κ1) is 14.3. The van der Waals surface area contributed by atoms with Gasteiger partial charge in [-0.1, -0.05) is 17.7 Å². The highest BCUT2D eigenvalue weighted by atomic mass is 35.5. The summed E-state index contributed by atoms with van der Waals surface area (Å²) in [5.74, 6) is -0.808. The van der Waals surface area contributed by atoms with Crippen LogP contribution in [0.1, 0.15) is 24.2 Å². The molecule has 5 heteroatoms. The molecule has 1 aromatic rings. The van der Waals surface area contributed by atoms with Gasteiger partial charge in [-0.3, -0.25) is 4.79 Å². The summed E-state index contributed by atoms with van der Waals surface area (Å²) >= 11 is 5.78. The van der Waals surface area contributed by atoms with E-state index in [1.54, 1.807) is 38.1 Å². The molecule has 0 radical (unpaired) electrons. The van der Waals surface area contributed by atoms with Crippen molar-refractivity contribution in [2.24, 2.45) is 0 Å². The molecule has 0 atom stereocenters. The topological polar surface area (TPSA) is 55.4 Å². The van der Waals surface area contributed by atoms with Crippen LogP contribution in [0.2, 0.25) is 5.02 Å². The number of rotatable bonds is 4. The van der Waals surface area contributed by atoms with E-state index >= 15 is 0 Å². The van der Waals surface area contributed by atoms with E-state index in [2.05, 4.69) is 5.32 Å². The third-order valence-corrected chi connectivity index (χ3v) is 2.25. The Hall–Kier alpha value is -1.81. The zero-order valence-corrected chi connectivity index (χ0v) is 11.0. The first-order chi connectivity index (χ1) is 8.52. The third-order valence-electron chi connectivity index (χ3n) is 2.02. The third kappa shape index (κ3) is 4.59. The number of nitrogens with one attached hydrogen (secondary N) is 1. The maximum absolute atomic E-state index is 11.8. The lowest BCUT2D eigenvalue weighted by Gasteiger charge is -2.05. The van der Waals surface area contributed by atoms with Crippen LogP contribution in [-0.4, -0.2) is 18.5 Å². The predicted molar refractivity (Wildman–Crippen MR) is 69.3 cm³/mol. The summed E-state index contributed by atoms with van der Waals surface area (Å²) in [4.78, 5) is 22.9. The molecule has 1 rings (SSSR count). The molecule has 0 heterocycles. The highest BCUT2D eigenvalue weighted by Crippen LogP contribution is 2.10. The Labute approximate surface area is 111 Å². The lowest BCUT2D eigenvalue weighted by molar-refractivity contribution is -0.137. The maximum Gasteiger partial charge on any atom is 0.332 e. The molecular weight excluding hydrogens is 254 g/mol. The van der Waals surface area contributed by atoms with Gasteiger partial charge in [0.2, 0.25) is 0 Å². The lowest BCUT2D eigenvalue weighted by atomic mass is 10.2. The van der Waals surface area contributed by atoms with Gasteiger partial charge < -0.3 is 10.1 Å². The van der Waals surface area contributed by atoms with Crippen molar-refractivity contribution in [1.82, 2.24) is 5.32 Å². The van der Waals surface area contributed by atoms with Gasteiger partial charge in [0.1, 0.15) is 0 Å². The fourth-order valence-electron chi connectivity index (χ4n) is 1.28. The molecule has 0 aromatic heterocycles. The summed E-state index contributed by atoms with van der Waals surface area (Å²) in [5, 5.41) is 3.06. The molecule has 1 aromatic carbocycles. The first-order valence-corrected chi connectivity index (χ1v) is 5.82. The van der Waals surface area contributed by atoms with Gasteiger partial charge >= 0.3 is 5.97 Å². The average Bonchev–Trinajstić information content (AvgIpc) is 2.28. The Morgan fingerprint density at radius 2 is 2.17 bits per heavy atom. The molecule has 0 aliphatic rings. The highest BCUT2D eigenvalue weighted by molar-refractivity contribution is 6.30. The van der Waals surface area contributed by atoms with Crippen LogP contribution in [0.5, 0.6) is 0 Å². The first-order valence-electron chi connectivity index (χ1n) is 5.45. The number of allylic oxidation sites excluding steroid dienone is 1. The molecule has 0 unspecified atom stereocenters. The average molecular weight is 268 g/mol. The monoisotopic (exact) mass is 267 g/mol. The molecule has 1 N–H and O–H groups in total. The van der Waals surface area contributed by atoms with Crippen LogP contribution in [0.15, 0.2) is 36.0 Å². The van der Waals surface area contributed by atoms with Crippen molar-refractivity contribution < 1.29 is 14.3 Å². The SMILES string of the molecule is CCOC(=O)C=C(C)NC(=O)c1cccc(Cl)c1. The Balaban J connectivity index is 2.68. The molecule has 0 spiro atoms. The standard InChI is InChI=1S/C13H14ClNO3/c1-3-18-12(16)7-9(2)15-13(17)10-5-4-6-11(14)8-10/h4-8H,3H2,1-2H3,(H,15,17). The van der Waals surface area contributed by atoms with Crippen LogP contribution < -0.4 is 5.32 Å². The molecule has 0 aliphatic heterocycles.